The monoisotopic (exact) mass is 445 g/mol. The Morgan fingerprint density at radius 2 is 1.90 bits per heavy atom. The van der Waals surface area contributed by atoms with Crippen LogP contribution in [0.1, 0.15) is 18.9 Å². The molecule has 0 bridgehead atoms. The molecule has 31 heavy (non-hydrogen) atoms. The van der Waals surface area contributed by atoms with Crippen LogP contribution in [0, 0.1) is 5.82 Å². The number of methoxy groups -OCH3 is 2. The summed E-state index contributed by atoms with van der Waals surface area (Å²) < 4.78 is 23.9. The molecule has 1 aliphatic rings. The SMILES string of the molecule is CCNC(=O)C1CC(=O)N(Cc2ccc(OC)c(OC)c2)C(=Nc2ccc(F)cc2)S1. The highest BCUT2D eigenvalue weighted by Crippen LogP contribution is 2.32. The number of ether oxygens (including phenoxy) is 2. The number of aliphatic imine (C=N–C) groups is 1. The molecule has 9 heteroatoms. The van der Waals surface area contributed by atoms with Crippen molar-refractivity contribution in [1.29, 1.82) is 0 Å². The summed E-state index contributed by atoms with van der Waals surface area (Å²) in [6, 6.07) is 11.1. The first-order chi connectivity index (χ1) is 14.9. The van der Waals surface area contributed by atoms with Crippen LogP contribution < -0.4 is 14.8 Å². The number of carbonyl (C=O) groups is 2. The minimum atomic E-state index is -0.576. The third-order valence-electron chi connectivity index (χ3n) is 4.62. The Balaban J connectivity index is 1.93. The first-order valence-corrected chi connectivity index (χ1v) is 10.6. The van der Waals surface area contributed by atoms with Gasteiger partial charge in [-0.25, -0.2) is 9.38 Å². The Morgan fingerprint density at radius 3 is 2.55 bits per heavy atom. The van der Waals surface area contributed by atoms with Crippen LogP contribution in [0.2, 0.25) is 0 Å². The summed E-state index contributed by atoms with van der Waals surface area (Å²) in [5.41, 5.74) is 1.31. The van der Waals surface area contributed by atoms with Crippen molar-refractivity contribution in [2.45, 2.75) is 25.1 Å². The van der Waals surface area contributed by atoms with E-state index in [2.05, 4.69) is 10.3 Å². The average molecular weight is 446 g/mol. The summed E-state index contributed by atoms with van der Waals surface area (Å²) in [7, 11) is 3.10. The number of amides is 2. The molecule has 1 atom stereocenters. The van der Waals surface area contributed by atoms with Crippen LogP contribution in [0.25, 0.3) is 0 Å². The molecule has 1 heterocycles. The molecule has 3 rings (SSSR count). The molecule has 2 amide bonds. The quantitative estimate of drug-likeness (QED) is 0.706. The van der Waals surface area contributed by atoms with E-state index in [4.69, 9.17) is 9.47 Å². The largest absolute Gasteiger partial charge is 0.493 e. The lowest BCUT2D eigenvalue weighted by atomic mass is 10.1. The van der Waals surface area contributed by atoms with Crippen LogP contribution >= 0.6 is 11.8 Å². The van der Waals surface area contributed by atoms with Crippen LogP contribution in [0.5, 0.6) is 11.5 Å². The minimum absolute atomic E-state index is 0.0617. The van der Waals surface area contributed by atoms with Gasteiger partial charge in [0.05, 0.1) is 31.7 Å². The van der Waals surface area contributed by atoms with Gasteiger partial charge < -0.3 is 14.8 Å². The van der Waals surface area contributed by atoms with Gasteiger partial charge in [-0.3, -0.25) is 14.5 Å². The third kappa shape index (κ3) is 5.55. The fraction of sp³-hybridized carbons (Fsp3) is 0.318. The fourth-order valence-electron chi connectivity index (χ4n) is 3.07. The average Bonchev–Trinajstić information content (AvgIpc) is 2.77. The second-order valence-electron chi connectivity index (χ2n) is 6.75. The number of nitrogens with zero attached hydrogens (tertiary/aromatic N) is 2. The van der Waals surface area contributed by atoms with Gasteiger partial charge in [0.2, 0.25) is 11.8 Å². The maximum absolute atomic E-state index is 13.3. The van der Waals surface area contributed by atoms with E-state index in [0.29, 0.717) is 28.9 Å². The maximum atomic E-state index is 13.3. The number of benzene rings is 2. The topological polar surface area (TPSA) is 80.2 Å². The van der Waals surface area contributed by atoms with Crippen LogP contribution in [-0.2, 0) is 16.1 Å². The summed E-state index contributed by atoms with van der Waals surface area (Å²) in [4.78, 5) is 31.4. The summed E-state index contributed by atoms with van der Waals surface area (Å²) in [5, 5.41) is 2.56. The molecule has 2 aromatic rings. The molecule has 1 aliphatic heterocycles. The number of carbonyl (C=O) groups excluding carboxylic acids is 2. The number of thioether (sulfide) groups is 1. The molecule has 1 saturated heterocycles. The normalized spacial score (nSPS) is 17.5. The van der Waals surface area contributed by atoms with E-state index in [1.54, 1.807) is 26.4 Å². The Bertz CT molecular complexity index is 981. The second kappa shape index (κ2) is 10.3. The zero-order valence-electron chi connectivity index (χ0n) is 17.6. The molecule has 164 valence electrons. The molecule has 0 aliphatic carbocycles. The van der Waals surface area contributed by atoms with E-state index < -0.39 is 5.25 Å². The molecule has 0 spiro atoms. The van der Waals surface area contributed by atoms with Crippen molar-refractivity contribution < 1.29 is 23.5 Å². The van der Waals surface area contributed by atoms with Crippen molar-refractivity contribution >= 4 is 34.4 Å². The molecule has 7 nitrogen and oxygen atoms in total. The summed E-state index contributed by atoms with van der Waals surface area (Å²) in [6.45, 7) is 2.54. The zero-order valence-corrected chi connectivity index (χ0v) is 18.4. The fourth-order valence-corrected chi connectivity index (χ4v) is 4.19. The number of nitrogens with one attached hydrogen (secondary N) is 1. The van der Waals surface area contributed by atoms with Gasteiger partial charge >= 0.3 is 0 Å². The maximum Gasteiger partial charge on any atom is 0.234 e. The summed E-state index contributed by atoms with van der Waals surface area (Å²) in [5.74, 6) is 0.333. The minimum Gasteiger partial charge on any atom is -0.493 e. The molecule has 0 radical (unpaired) electrons. The smallest absolute Gasteiger partial charge is 0.234 e. The lowest BCUT2D eigenvalue weighted by Crippen LogP contribution is -2.46. The van der Waals surface area contributed by atoms with E-state index in [-0.39, 0.29) is 30.6 Å². The highest BCUT2D eigenvalue weighted by molar-refractivity contribution is 8.15. The van der Waals surface area contributed by atoms with Crippen LogP contribution in [0.15, 0.2) is 47.5 Å². The van der Waals surface area contributed by atoms with Gasteiger partial charge in [-0.15, -0.1) is 0 Å². The molecule has 0 aromatic heterocycles. The van der Waals surface area contributed by atoms with Crippen LogP contribution in [0.3, 0.4) is 0 Å². The summed E-state index contributed by atoms with van der Waals surface area (Å²) in [6.07, 6.45) is 0.0617. The molecule has 0 saturated carbocycles. The Labute approximate surface area is 184 Å². The van der Waals surface area contributed by atoms with Gasteiger partial charge in [0.1, 0.15) is 5.82 Å². The van der Waals surface area contributed by atoms with E-state index in [1.807, 2.05) is 13.0 Å². The molecule has 2 aromatic carbocycles. The van der Waals surface area contributed by atoms with E-state index in [1.165, 1.54) is 40.9 Å². The zero-order chi connectivity index (χ0) is 22.4. The lowest BCUT2D eigenvalue weighted by Gasteiger charge is -2.32. The van der Waals surface area contributed by atoms with Gasteiger partial charge in [0.25, 0.3) is 0 Å². The molecular formula is C22H24FN3O4S. The van der Waals surface area contributed by atoms with Crippen molar-refractivity contribution in [3.8, 4) is 11.5 Å². The van der Waals surface area contributed by atoms with Gasteiger partial charge in [0, 0.05) is 13.0 Å². The van der Waals surface area contributed by atoms with Crippen molar-refractivity contribution in [2.75, 3.05) is 20.8 Å². The second-order valence-corrected chi connectivity index (χ2v) is 7.92. The van der Waals surface area contributed by atoms with Crippen LogP contribution in [0.4, 0.5) is 10.1 Å². The van der Waals surface area contributed by atoms with Crippen molar-refractivity contribution in [3.63, 3.8) is 0 Å². The lowest BCUT2D eigenvalue weighted by molar-refractivity contribution is -0.130. The molecule has 1 N–H and O–H groups in total. The van der Waals surface area contributed by atoms with E-state index in [0.717, 1.165) is 5.56 Å². The third-order valence-corrected chi connectivity index (χ3v) is 5.81. The predicted molar refractivity (Wildman–Crippen MR) is 118 cm³/mol. The molecular weight excluding hydrogens is 421 g/mol. The summed E-state index contributed by atoms with van der Waals surface area (Å²) >= 11 is 1.22. The first kappa shape index (κ1) is 22.6. The van der Waals surface area contributed by atoms with E-state index >= 15 is 0 Å². The molecule has 1 unspecified atom stereocenters. The Kier molecular flexibility index (Phi) is 7.51. The first-order valence-electron chi connectivity index (χ1n) is 9.75. The van der Waals surface area contributed by atoms with Crippen molar-refractivity contribution in [1.82, 2.24) is 10.2 Å². The predicted octanol–water partition coefficient (Wildman–Crippen LogP) is 3.50. The standard InChI is InChI=1S/C22H24FN3O4S/c1-4-24-21(28)19-12-20(27)26(13-14-5-10-17(29-2)18(11-14)30-3)22(31-19)25-16-8-6-15(23)7-9-16/h5-11,19H,4,12-13H2,1-3H3,(H,24,28). The van der Waals surface area contributed by atoms with Gasteiger partial charge in [-0.05, 0) is 48.9 Å². The number of rotatable bonds is 7. The number of amidine groups is 1. The van der Waals surface area contributed by atoms with Crippen molar-refractivity contribution in [2.24, 2.45) is 4.99 Å². The highest BCUT2D eigenvalue weighted by Gasteiger charge is 2.35. The van der Waals surface area contributed by atoms with Crippen molar-refractivity contribution in [3.05, 3.63) is 53.8 Å². The van der Waals surface area contributed by atoms with Crippen LogP contribution in [-0.4, -0.2) is 47.9 Å². The van der Waals surface area contributed by atoms with E-state index in [9.17, 15) is 14.0 Å². The Morgan fingerprint density at radius 1 is 1.19 bits per heavy atom. The Hall–Kier alpha value is -3.07. The van der Waals surface area contributed by atoms with Gasteiger partial charge in [-0.1, -0.05) is 17.8 Å². The van der Waals surface area contributed by atoms with Gasteiger partial charge in [0.15, 0.2) is 16.7 Å². The molecule has 1 fully saturated rings. The number of hydrogen-bond acceptors (Lipinski definition) is 6. The number of hydrogen-bond donors (Lipinski definition) is 1. The highest BCUT2D eigenvalue weighted by atomic mass is 32.2. The number of halogens is 1. The van der Waals surface area contributed by atoms with Gasteiger partial charge in [-0.2, -0.15) is 0 Å².